The predicted octanol–water partition coefficient (Wildman–Crippen LogP) is 7.03. The van der Waals surface area contributed by atoms with Crippen LogP contribution in [-0.2, 0) is 11.2 Å². The van der Waals surface area contributed by atoms with Crippen molar-refractivity contribution in [1.29, 1.82) is 5.26 Å². The Labute approximate surface area is 175 Å². The second-order valence-corrected chi connectivity index (χ2v) is 8.69. The molecule has 0 N–H and O–H groups in total. The lowest BCUT2D eigenvalue weighted by molar-refractivity contribution is -0.00456. The van der Waals surface area contributed by atoms with Crippen molar-refractivity contribution in [3.63, 3.8) is 0 Å². The summed E-state index contributed by atoms with van der Waals surface area (Å²) in [5, 5.41) is 8.42. The smallest absolute Gasteiger partial charge is 0.199 e. The monoisotopic (exact) mass is 395 g/mol. The Kier molecular flexibility index (Phi) is 8.50. The minimum Gasteiger partial charge on any atom is -0.378 e. The Bertz CT molecular complexity index is 714. The second-order valence-electron chi connectivity index (χ2n) is 8.69. The molecule has 2 aliphatic carbocycles. The highest BCUT2D eigenvalue weighted by Crippen LogP contribution is 2.36. The zero-order valence-corrected chi connectivity index (χ0v) is 17.7. The fraction of sp³-hybridized carbons (Fsp3) is 0.577. The molecule has 0 atom stereocenters. The van der Waals surface area contributed by atoms with Crippen molar-refractivity contribution in [3.8, 4) is 6.07 Å². The van der Waals surface area contributed by atoms with Gasteiger partial charge >= 0.3 is 0 Å². The number of hydrogen-bond donors (Lipinski definition) is 0. The van der Waals surface area contributed by atoms with Crippen molar-refractivity contribution >= 4 is 0 Å². The van der Waals surface area contributed by atoms with Gasteiger partial charge in [0.1, 0.15) is 6.07 Å². The molecule has 156 valence electrons. The van der Waals surface area contributed by atoms with Crippen LogP contribution in [0, 0.1) is 23.2 Å². The van der Waals surface area contributed by atoms with E-state index in [4.69, 9.17) is 10.00 Å². The van der Waals surface area contributed by atoms with E-state index in [0.717, 1.165) is 44.6 Å². The first kappa shape index (κ1) is 21.8. The van der Waals surface area contributed by atoms with Crippen LogP contribution in [-0.4, -0.2) is 12.7 Å². The van der Waals surface area contributed by atoms with Crippen molar-refractivity contribution < 1.29 is 9.13 Å². The van der Waals surface area contributed by atoms with E-state index in [1.165, 1.54) is 49.0 Å². The molecule has 1 aromatic carbocycles. The Morgan fingerprint density at radius 1 is 1.07 bits per heavy atom. The van der Waals surface area contributed by atoms with Crippen LogP contribution in [0.2, 0.25) is 0 Å². The van der Waals surface area contributed by atoms with Gasteiger partial charge in [0.25, 0.3) is 0 Å². The fourth-order valence-electron chi connectivity index (χ4n) is 4.74. The van der Waals surface area contributed by atoms with E-state index in [2.05, 4.69) is 31.2 Å². The van der Waals surface area contributed by atoms with E-state index in [9.17, 15) is 4.39 Å². The summed E-state index contributed by atoms with van der Waals surface area (Å²) in [5.41, 5.74) is 2.93. The highest BCUT2D eigenvalue weighted by Gasteiger charge is 2.25. The number of ether oxygens (including phenoxy) is 1. The lowest BCUT2D eigenvalue weighted by Crippen LogP contribution is -2.25. The molecule has 2 fully saturated rings. The van der Waals surface area contributed by atoms with Gasteiger partial charge in [-0.05, 0) is 92.7 Å². The topological polar surface area (TPSA) is 33.0 Å². The highest BCUT2D eigenvalue weighted by molar-refractivity contribution is 5.25. The molecule has 29 heavy (non-hydrogen) atoms. The van der Waals surface area contributed by atoms with Crippen LogP contribution in [0.3, 0.4) is 0 Å². The maximum absolute atomic E-state index is 12.8. The molecule has 0 aliphatic heterocycles. The van der Waals surface area contributed by atoms with Gasteiger partial charge in [0.15, 0.2) is 5.83 Å². The lowest BCUT2D eigenvalue weighted by Gasteiger charge is -2.32. The zero-order chi connectivity index (χ0) is 20.5. The van der Waals surface area contributed by atoms with Crippen LogP contribution < -0.4 is 0 Å². The lowest BCUT2D eigenvalue weighted by atomic mass is 9.79. The van der Waals surface area contributed by atoms with E-state index < -0.39 is 5.83 Å². The number of benzene rings is 1. The van der Waals surface area contributed by atoms with Crippen molar-refractivity contribution in [2.75, 3.05) is 6.61 Å². The quantitative estimate of drug-likeness (QED) is 0.367. The highest BCUT2D eigenvalue weighted by atomic mass is 19.1. The summed E-state index contributed by atoms with van der Waals surface area (Å²) in [5.74, 6) is 1.18. The van der Waals surface area contributed by atoms with E-state index >= 15 is 0 Å². The number of aryl methyl sites for hydroxylation is 1. The second kappa shape index (κ2) is 11.3. The Hall–Kier alpha value is -1.92. The van der Waals surface area contributed by atoms with Crippen molar-refractivity contribution in [2.24, 2.45) is 11.8 Å². The molecule has 2 nitrogen and oxygen atoms in total. The molecule has 0 bridgehead atoms. The maximum atomic E-state index is 12.8. The molecular weight excluding hydrogens is 361 g/mol. The van der Waals surface area contributed by atoms with Gasteiger partial charge < -0.3 is 4.74 Å². The Morgan fingerprint density at radius 3 is 2.38 bits per heavy atom. The predicted molar refractivity (Wildman–Crippen MR) is 116 cm³/mol. The van der Waals surface area contributed by atoms with Gasteiger partial charge in [0.2, 0.25) is 0 Å². The summed E-state index contributed by atoms with van der Waals surface area (Å²) in [7, 11) is 0. The van der Waals surface area contributed by atoms with Crippen molar-refractivity contribution in [3.05, 3.63) is 59.4 Å². The molecule has 0 aromatic heterocycles. The molecule has 0 radical (unpaired) electrons. The van der Waals surface area contributed by atoms with E-state index in [1.807, 2.05) is 6.08 Å². The molecule has 3 rings (SSSR count). The minimum atomic E-state index is -0.731. The fourth-order valence-corrected chi connectivity index (χ4v) is 4.74. The first-order chi connectivity index (χ1) is 14.2. The molecule has 0 amide bonds. The standard InChI is InChI=1S/C26H34FNO/c1-2-20-6-12-23(13-7-20)24-14-8-22(9-15-24)19-29-26-16-10-21(11-17-26)4-3-5-25(27)18-28/h3-7,12-13,21-22,24,26H,2,8-11,14-17,19H2,1H3/b4-3+,25-5-/t21-,22-,24-,26-. The first-order valence-corrected chi connectivity index (χ1v) is 11.3. The van der Waals surface area contributed by atoms with E-state index in [0.29, 0.717) is 17.9 Å². The molecule has 3 heteroatoms. The SMILES string of the molecule is CCc1ccc([C@H]2CC[C@H](CO[C@H]3CC[C@H](/C=C/C=C(\F)C#N)CC3)CC2)cc1. The zero-order valence-electron chi connectivity index (χ0n) is 17.7. The average Bonchev–Trinajstić information content (AvgIpc) is 2.79. The molecule has 0 spiro atoms. The molecule has 2 aliphatic rings. The number of rotatable bonds is 7. The van der Waals surface area contributed by atoms with Crippen LogP contribution in [0.25, 0.3) is 0 Å². The van der Waals surface area contributed by atoms with Gasteiger partial charge in [-0.25, -0.2) is 0 Å². The summed E-state index contributed by atoms with van der Waals surface area (Å²) in [6, 6.07) is 10.7. The molecule has 0 unspecified atom stereocenters. The van der Waals surface area contributed by atoms with E-state index in [-0.39, 0.29) is 0 Å². The minimum absolute atomic E-state index is 0.380. The third-order valence-electron chi connectivity index (χ3n) is 6.73. The Balaban J connectivity index is 1.33. The molecule has 1 aromatic rings. The van der Waals surface area contributed by atoms with Gasteiger partial charge in [-0.3, -0.25) is 0 Å². The molecule has 0 saturated heterocycles. The van der Waals surface area contributed by atoms with Crippen LogP contribution in [0.4, 0.5) is 4.39 Å². The van der Waals surface area contributed by atoms with Gasteiger partial charge in [0.05, 0.1) is 6.10 Å². The summed E-state index contributed by atoms with van der Waals surface area (Å²) in [6.45, 7) is 3.11. The Morgan fingerprint density at radius 2 is 1.76 bits per heavy atom. The van der Waals surface area contributed by atoms with Crippen molar-refractivity contribution in [1.82, 2.24) is 0 Å². The summed E-state index contributed by atoms with van der Waals surface area (Å²) >= 11 is 0. The first-order valence-electron chi connectivity index (χ1n) is 11.3. The van der Waals surface area contributed by atoms with Crippen LogP contribution in [0.1, 0.15) is 75.3 Å². The van der Waals surface area contributed by atoms with Gasteiger partial charge in [0, 0.05) is 6.61 Å². The number of halogens is 1. The number of allylic oxidation sites excluding steroid dienone is 4. The third kappa shape index (κ3) is 6.82. The summed E-state index contributed by atoms with van der Waals surface area (Å²) in [4.78, 5) is 0. The number of nitrogens with zero attached hydrogens (tertiary/aromatic N) is 1. The third-order valence-corrected chi connectivity index (χ3v) is 6.73. The van der Waals surface area contributed by atoms with Crippen LogP contribution >= 0.6 is 0 Å². The van der Waals surface area contributed by atoms with Crippen LogP contribution in [0.15, 0.2) is 48.3 Å². The van der Waals surface area contributed by atoms with E-state index in [1.54, 1.807) is 6.08 Å². The maximum Gasteiger partial charge on any atom is 0.199 e. The summed E-state index contributed by atoms with van der Waals surface area (Å²) in [6.07, 6.45) is 15.9. The number of hydrogen-bond acceptors (Lipinski definition) is 2. The molecule has 2 saturated carbocycles. The van der Waals surface area contributed by atoms with Gasteiger partial charge in [-0.2, -0.15) is 9.65 Å². The average molecular weight is 396 g/mol. The molecule has 0 heterocycles. The number of nitriles is 1. The van der Waals surface area contributed by atoms with Crippen LogP contribution in [0.5, 0.6) is 0 Å². The summed E-state index contributed by atoms with van der Waals surface area (Å²) < 4.78 is 19.1. The largest absolute Gasteiger partial charge is 0.378 e. The van der Waals surface area contributed by atoms with Gasteiger partial charge in [-0.1, -0.05) is 43.3 Å². The normalized spacial score (nSPS) is 28.4. The van der Waals surface area contributed by atoms with Gasteiger partial charge in [-0.15, -0.1) is 0 Å². The van der Waals surface area contributed by atoms with Crippen molar-refractivity contribution in [2.45, 2.75) is 76.7 Å². The molecular formula is C26H34FNO.